The highest BCUT2D eigenvalue weighted by Crippen LogP contribution is 2.23. The van der Waals surface area contributed by atoms with Gasteiger partial charge in [0.2, 0.25) is 0 Å². The van der Waals surface area contributed by atoms with E-state index in [0.29, 0.717) is 6.04 Å². The fourth-order valence-electron chi connectivity index (χ4n) is 3.24. The van der Waals surface area contributed by atoms with Gasteiger partial charge < -0.3 is 5.32 Å². The summed E-state index contributed by atoms with van der Waals surface area (Å²) in [6.45, 7) is 0. The first-order chi connectivity index (χ1) is 10.9. The molecule has 3 aromatic rings. The van der Waals surface area contributed by atoms with Crippen LogP contribution in [0.1, 0.15) is 32.1 Å². The van der Waals surface area contributed by atoms with Crippen molar-refractivity contribution in [3.63, 3.8) is 0 Å². The van der Waals surface area contributed by atoms with Crippen LogP contribution in [-0.2, 0) is 0 Å². The van der Waals surface area contributed by atoms with Gasteiger partial charge in [-0.3, -0.25) is 4.40 Å². The van der Waals surface area contributed by atoms with Crippen LogP contribution < -0.4 is 5.32 Å². The molecular weight excluding hydrogens is 272 g/mol. The Morgan fingerprint density at radius 1 is 1.00 bits per heavy atom. The molecule has 0 aliphatic heterocycles. The highest BCUT2D eigenvalue weighted by atomic mass is 15.0. The van der Waals surface area contributed by atoms with Crippen LogP contribution in [0.5, 0.6) is 0 Å². The van der Waals surface area contributed by atoms with Gasteiger partial charge in [-0.15, -0.1) is 0 Å². The zero-order chi connectivity index (χ0) is 14.8. The van der Waals surface area contributed by atoms with E-state index < -0.39 is 0 Å². The summed E-state index contributed by atoms with van der Waals surface area (Å²) in [5, 5.41) is 3.59. The van der Waals surface area contributed by atoms with Crippen LogP contribution in [0.2, 0.25) is 0 Å². The van der Waals surface area contributed by atoms with Crippen LogP contribution in [0.3, 0.4) is 0 Å². The van der Waals surface area contributed by atoms with Crippen LogP contribution in [0.25, 0.3) is 17.0 Å². The summed E-state index contributed by atoms with van der Waals surface area (Å²) in [7, 11) is 0. The van der Waals surface area contributed by atoms with Crippen molar-refractivity contribution >= 4 is 11.5 Å². The minimum absolute atomic E-state index is 0.568. The largest absolute Gasteiger partial charge is 0.367 e. The fraction of sp³-hybridized carbons (Fsp3) is 0.333. The molecule has 112 valence electrons. The maximum atomic E-state index is 4.79. The van der Waals surface area contributed by atoms with Gasteiger partial charge in [0.25, 0.3) is 0 Å². The number of hydrogen-bond donors (Lipinski definition) is 1. The minimum Gasteiger partial charge on any atom is -0.367 e. The Hall–Kier alpha value is -2.36. The number of anilines is 1. The van der Waals surface area contributed by atoms with E-state index >= 15 is 0 Å². The molecule has 0 radical (unpaired) electrons. The summed E-state index contributed by atoms with van der Waals surface area (Å²) >= 11 is 0. The van der Waals surface area contributed by atoms with Gasteiger partial charge in [0.05, 0.1) is 17.6 Å². The van der Waals surface area contributed by atoms with E-state index in [-0.39, 0.29) is 0 Å². The third-order valence-corrected chi connectivity index (χ3v) is 4.39. The third-order valence-electron chi connectivity index (χ3n) is 4.39. The van der Waals surface area contributed by atoms with Crippen molar-refractivity contribution in [2.24, 2.45) is 0 Å². The number of rotatable bonds is 3. The normalized spacial score (nSPS) is 16.0. The number of imidazole rings is 1. The summed E-state index contributed by atoms with van der Waals surface area (Å²) in [6, 6.07) is 12.8. The second kappa shape index (κ2) is 5.79. The number of nitrogens with zero attached hydrogens (tertiary/aromatic N) is 3. The predicted octanol–water partition coefficient (Wildman–Crippen LogP) is 4.14. The molecule has 1 fully saturated rings. The van der Waals surface area contributed by atoms with Crippen molar-refractivity contribution < 1.29 is 0 Å². The standard InChI is InChI=1S/C18H20N4/c1-2-7-14(8-3-1)20-17-10-6-9-15(21-17)16-13-19-18-11-4-5-12-22(16)18/h4-6,9-14H,1-3,7-8H2,(H,20,21). The number of nitrogens with one attached hydrogen (secondary N) is 1. The maximum Gasteiger partial charge on any atom is 0.137 e. The van der Waals surface area contributed by atoms with E-state index in [1.165, 1.54) is 32.1 Å². The van der Waals surface area contributed by atoms with Gasteiger partial charge in [-0.1, -0.05) is 31.4 Å². The molecule has 0 saturated heterocycles. The summed E-state index contributed by atoms with van der Waals surface area (Å²) in [5.41, 5.74) is 2.94. The van der Waals surface area contributed by atoms with Gasteiger partial charge >= 0.3 is 0 Å². The minimum atomic E-state index is 0.568. The fourth-order valence-corrected chi connectivity index (χ4v) is 3.24. The monoisotopic (exact) mass is 292 g/mol. The molecule has 0 spiro atoms. The Balaban J connectivity index is 1.63. The van der Waals surface area contributed by atoms with Crippen molar-refractivity contribution in [2.75, 3.05) is 5.32 Å². The molecule has 0 bridgehead atoms. The highest BCUT2D eigenvalue weighted by molar-refractivity contribution is 5.61. The molecule has 1 N–H and O–H groups in total. The van der Waals surface area contributed by atoms with Crippen LogP contribution in [0.15, 0.2) is 48.8 Å². The molecule has 0 unspecified atom stereocenters. The molecular formula is C18H20N4. The van der Waals surface area contributed by atoms with E-state index in [1.807, 2.05) is 36.7 Å². The molecule has 4 nitrogen and oxygen atoms in total. The molecule has 3 aromatic heterocycles. The van der Waals surface area contributed by atoms with E-state index in [0.717, 1.165) is 22.9 Å². The van der Waals surface area contributed by atoms with Gasteiger partial charge in [-0.25, -0.2) is 9.97 Å². The van der Waals surface area contributed by atoms with Gasteiger partial charge in [0, 0.05) is 12.2 Å². The molecule has 1 aliphatic rings. The lowest BCUT2D eigenvalue weighted by atomic mass is 9.95. The summed E-state index contributed by atoms with van der Waals surface area (Å²) in [4.78, 5) is 9.23. The predicted molar refractivity (Wildman–Crippen MR) is 88.9 cm³/mol. The Labute approximate surface area is 130 Å². The van der Waals surface area contributed by atoms with Crippen molar-refractivity contribution in [3.05, 3.63) is 48.8 Å². The number of pyridine rings is 2. The number of hydrogen-bond acceptors (Lipinski definition) is 3. The second-order valence-electron chi connectivity index (χ2n) is 5.96. The van der Waals surface area contributed by atoms with Gasteiger partial charge in [-0.2, -0.15) is 0 Å². The first-order valence-electron chi connectivity index (χ1n) is 8.06. The quantitative estimate of drug-likeness (QED) is 0.789. The average molecular weight is 292 g/mol. The van der Waals surface area contributed by atoms with Crippen LogP contribution in [0, 0.1) is 0 Å². The van der Waals surface area contributed by atoms with Gasteiger partial charge in [-0.05, 0) is 37.1 Å². The highest BCUT2D eigenvalue weighted by Gasteiger charge is 2.14. The molecule has 1 aliphatic carbocycles. The van der Waals surface area contributed by atoms with Gasteiger partial charge in [0.1, 0.15) is 11.5 Å². The lowest BCUT2D eigenvalue weighted by molar-refractivity contribution is 0.462. The first kappa shape index (κ1) is 13.3. The number of fused-ring (bicyclic) bond motifs is 1. The van der Waals surface area contributed by atoms with E-state index in [9.17, 15) is 0 Å². The van der Waals surface area contributed by atoms with Crippen LogP contribution in [-0.4, -0.2) is 20.4 Å². The topological polar surface area (TPSA) is 42.2 Å². The average Bonchev–Trinajstić information content (AvgIpc) is 3.00. The molecule has 4 heteroatoms. The van der Waals surface area contributed by atoms with Crippen LogP contribution in [0.4, 0.5) is 5.82 Å². The van der Waals surface area contributed by atoms with E-state index in [4.69, 9.17) is 4.98 Å². The maximum absolute atomic E-state index is 4.79. The van der Waals surface area contributed by atoms with Crippen molar-refractivity contribution in [3.8, 4) is 11.4 Å². The molecule has 4 rings (SSSR count). The van der Waals surface area contributed by atoms with Crippen LogP contribution >= 0.6 is 0 Å². The van der Waals surface area contributed by atoms with E-state index in [1.54, 1.807) is 0 Å². The molecule has 0 atom stereocenters. The first-order valence-corrected chi connectivity index (χ1v) is 8.06. The second-order valence-corrected chi connectivity index (χ2v) is 5.96. The van der Waals surface area contributed by atoms with E-state index in [2.05, 4.69) is 26.8 Å². The summed E-state index contributed by atoms with van der Waals surface area (Å²) in [6.07, 6.45) is 10.4. The Morgan fingerprint density at radius 3 is 2.82 bits per heavy atom. The molecule has 22 heavy (non-hydrogen) atoms. The van der Waals surface area contributed by atoms with Crippen molar-refractivity contribution in [1.29, 1.82) is 0 Å². The smallest absolute Gasteiger partial charge is 0.137 e. The Kier molecular flexibility index (Phi) is 3.51. The summed E-state index contributed by atoms with van der Waals surface area (Å²) in [5.74, 6) is 0.968. The molecule has 3 heterocycles. The van der Waals surface area contributed by atoms with Crippen molar-refractivity contribution in [2.45, 2.75) is 38.1 Å². The lowest BCUT2D eigenvalue weighted by Crippen LogP contribution is -2.22. The zero-order valence-corrected chi connectivity index (χ0v) is 12.6. The summed E-state index contributed by atoms with van der Waals surface area (Å²) < 4.78 is 2.08. The Bertz CT molecular complexity index is 771. The molecule has 0 amide bonds. The number of aromatic nitrogens is 3. The molecule has 1 saturated carbocycles. The molecule has 0 aromatic carbocycles. The SMILES string of the molecule is c1cc(NC2CCCCC2)nc(-c2cnc3ccccn23)c1. The van der Waals surface area contributed by atoms with Gasteiger partial charge in [0.15, 0.2) is 0 Å². The Morgan fingerprint density at radius 2 is 1.91 bits per heavy atom. The zero-order valence-electron chi connectivity index (χ0n) is 12.6. The van der Waals surface area contributed by atoms with Crippen molar-refractivity contribution in [1.82, 2.24) is 14.4 Å². The lowest BCUT2D eigenvalue weighted by Gasteiger charge is -2.23. The third kappa shape index (κ3) is 2.56.